The van der Waals surface area contributed by atoms with E-state index in [2.05, 4.69) is 6.55 Å². The lowest BCUT2D eigenvalue weighted by molar-refractivity contribution is 0.00367. The van der Waals surface area contributed by atoms with Crippen molar-refractivity contribution in [2.24, 2.45) is 0 Å². The van der Waals surface area contributed by atoms with Gasteiger partial charge in [0.2, 0.25) is 0 Å². The van der Waals surface area contributed by atoms with Gasteiger partial charge in [0.15, 0.2) is 8.32 Å². The van der Waals surface area contributed by atoms with Crippen LogP contribution in [0.25, 0.3) is 0 Å². The molecule has 0 aliphatic carbocycles. The molecule has 1 unspecified atom stereocenters. The van der Waals surface area contributed by atoms with Crippen molar-refractivity contribution in [3.8, 4) is 0 Å². The molecule has 0 radical (unpaired) electrons. The zero-order valence-corrected chi connectivity index (χ0v) is 14.7. The van der Waals surface area contributed by atoms with Crippen LogP contribution in [0.15, 0.2) is 0 Å². The second-order valence-electron chi connectivity index (χ2n) is 5.69. The number of hydrogen-bond acceptors (Lipinski definition) is 5. The summed E-state index contributed by atoms with van der Waals surface area (Å²) in [7, 11) is 0.295. The average molecular weight is 321 g/mol. The fourth-order valence-corrected chi connectivity index (χ4v) is 5.49. The third-order valence-electron chi connectivity index (χ3n) is 3.72. The highest BCUT2D eigenvalue weighted by Crippen LogP contribution is 2.26. The minimum absolute atomic E-state index is 0.616. The number of hydrogen-bond donors (Lipinski definition) is 0. The molecule has 0 N–H and O–H groups in total. The minimum Gasteiger partial charge on any atom is -0.417 e. The van der Waals surface area contributed by atoms with Crippen LogP contribution in [0.3, 0.4) is 0 Å². The molecule has 1 aliphatic heterocycles. The van der Waals surface area contributed by atoms with Crippen LogP contribution in [0, 0.1) is 0 Å². The monoisotopic (exact) mass is 320 g/mol. The van der Waals surface area contributed by atoms with Crippen molar-refractivity contribution in [1.29, 1.82) is 0 Å². The Morgan fingerprint density at radius 3 is 2.05 bits per heavy atom. The standard InChI is InChI=1S/C15H32O5Si/c1-16-8-9-18-12-13-19-11-10-17-6-5-15-21(2)14-4-3-7-20-21/h3-15H2,1-2H3. The van der Waals surface area contributed by atoms with Gasteiger partial charge < -0.3 is 23.4 Å². The van der Waals surface area contributed by atoms with E-state index in [0.717, 1.165) is 19.6 Å². The van der Waals surface area contributed by atoms with Gasteiger partial charge in [-0.3, -0.25) is 0 Å². The highest BCUT2D eigenvalue weighted by atomic mass is 28.4. The van der Waals surface area contributed by atoms with Gasteiger partial charge in [-0.2, -0.15) is 0 Å². The molecular weight excluding hydrogens is 288 g/mol. The first-order chi connectivity index (χ1) is 10.3. The lowest BCUT2D eigenvalue weighted by Crippen LogP contribution is -2.37. The summed E-state index contributed by atoms with van der Waals surface area (Å²) in [4.78, 5) is 0. The summed E-state index contributed by atoms with van der Waals surface area (Å²) in [5.74, 6) is 0. The molecule has 21 heavy (non-hydrogen) atoms. The zero-order valence-electron chi connectivity index (χ0n) is 13.7. The van der Waals surface area contributed by atoms with E-state index < -0.39 is 8.32 Å². The lowest BCUT2D eigenvalue weighted by Gasteiger charge is -2.31. The van der Waals surface area contributed by atoms with Crippen LogP contribution in [0.2, 0.25) is 18.6 Å². The molecule has 0 aromatic heterocycles. The molecule has 1 heterocycles. The molecule has 0 spiro atoms. The molecule has 126 valence electrons. The molecule has 1 rings (SSSR count). The maximum Gasteiger partial charge on any atom is 0.189 e. The second-order valence-corrected chi connectivity index (χ2v) is 9.88. The molecule has 1 aliphatic rings. The van der Waals surface area contributed by atoms with Gasteiger partial charge in [-0.05, 0) is 31.5 Å². The minimum atomic E-state index is -1.37. The first kappa shape index (κ1) is 19.1. The first-order valence-electron chi connectivity index (χ1n) is 8.13. The molecule has 6 heteroatoms. The third kappa shape index (κ3) is 10.4. The highest BCUT2D eigenvalue weighted by molar-refractivity contribution is 6.72. The van der Waals surface area contributed by atoms with Gasteiger partial charge in [0.25, 0.3) is 0 Å². The Hall–Kier alpha value is 0.0169. The van der Waals surface area contributed by atoms with Crippen LogP contribution < -0.4 is 0 Å². The fourth-order valence-electron chi connectivity index (χ4n) is 2.42. The SMILES string of the molecule is COCCOCCOCCOCCC[Si]1(C)CCCCO1. The van der Waals surface area contributed by atoms with Crippen LogP contribution >= 0.6 is 0 Å². The van der Waals surface area contributed by atoms with Gasteiger partial charge in [-0.1, -0.05) is 6.42 Å². The zero-order chi connectivity index (χ0) is 15.2. The van der Waals surface area contributed by atoms with Crippen LogP contribution in [0.4, 0.5) is 0 Å². The summed E-state index contributed by atoms with van der Waals surface area (Å²) in [6.45, 7) is 7.95. The number of ether oxygens (including phenoxy) is 4. The summed E-state index contributed by atoms with van der Waals surface area (Å²) in [5, 5.41) is 0. The number of methoxy groups -OCH3 is 1. The maximum atomic E-state index is 6.00. The van der Waals surface area contributed by atoms with Crippen molar-refractivity contribution in [3.63, 3.8) is 0 Å². The summed E-state index contributed by atoms with van der Waals surface area (Å²) in [6.07, 6.45) is 3.71. The topological polar surface area (TPSA) is 46.2 Å². The molecule has 1 fully saturated rings. The van der Waals surface area contributed by atoms with Crippen molar-refractivity contribution in [2.45, 2.75) is 37.9 Å². The van der Waals surface area contributed by atoms with Crippen molar-refractivity contribution >= 4 is 8.32 Å². The van der Waals surface area contributed by atoms with E-state index in [1.165, 1.54) is 24.9 Å². The summed E-state index contributed by atoms with van der Waals surface area (Å²) in [5.41, 5.74) is 0. The van der Waals surface area contributed by atoms with Crippen molar-refractivity contribution in [1.82, 2.24) is 0 Å². The van der Waals surface area contributed by atoms with Crippen LogP contribution in [0.1, 0.15) is 19.3 Å². The normalized spacial score (nSPS) is 22.6. The van der Waals surface area contributed by atoms with Gasteiger partial charge in [0, 0.05) is 20.3 Å². The Morgan fingerprint density at radius 1 is 0.857 bits per heavy atom. The van der Waals surface area contributed by atoms with E-state index in [4.69, 9.17) is 23.4 Å². The van der Waals surface area contributed by atoms with Crippen molar-refractivity contribution in [2.75, 3.05) is 60.0 Å². The predicted molar refractivity (Wildman–Crippen MR) is 85.4 cm³/mol. The van der Waals surface area contributed by atoms with Gasteiger partial charge in [-0.15, -0.1) is 0 Å². The molecule has 0 amide bonds. The van der Waals surface area contributed by atoms with Crippen molar-refractivity contribution in [3.05, 3.63) is 0 Å². The molecule has 0 bridgehead atoms. The Morgan fingerprint density at radius 2 is 1.48 bits per heavy atom. The number of rotatable bonds is 13. The molecule has 5 nitrogen and oxygen atoms in total. The van der Waals surface area contributed by atoms with Gasteiger partial charge in [0.1, 0.15) is 0 Å². The van der Waals surface area contributed by atoms with E-state index in [1.54, 1.807) is 7.11 Å². The van der Waals surface area contributed by atoms with E-state index in [-0.39, 0.29) is 0 Å². The maximum absolute atomic E-state index is 6.00. The predicted octanol–water partition coefficient (Wildman–Crippen LogP) is 2.46. The van der Waals surface area contributed by atoms with Gasteiger partial charge in [-0.25, -0.2) is 0 Å². The molecule has 0 saturated carbocycles. The van der Waals surface area contributed by atoms with E-state index in [1.807, 2.05) is 0 Å². The summed E-state index contributed by atoms with van der Waals surface area (Å²) in [6, 6.07) is 2.54. The summed E-state index contributed by atoms with van der Waals surface area (Å²) >= 11 is 0. The van der Waals surface area contributed by atoms with Crippen LogP contribution in [0.5, 0.6) is 0 Å². The van der Waals surface area contributed by atoms with Gasteiger partial charge >= 0.3 is 0 Å². The Balaban J connectivity index is 1.78. The Bertz CT molecular complexity index is 234. The molecule has 1 atom stereocenters. The van der Waals surface area contributed by atoms with Gasteiger partial charge in [0.05, 0.1) is 39.6 Å². The first-order valence-corrected chi connectivity index (χ1v) is 11.0. The summed E-state index contributed by atoms with van der Waals surface area (Å²) < 4.78 is 27.2. The Labute approximate surface area is 130 Å². The quantitative estimate of drug-likeness (QED) is 0.385. The second kappa shape index (κ2) is 12.5. The van der Waals surface area contributed by atoms with E-state index in [0.29, 0.717) is 39.6 Å². The third-order valence-corrected chi connectivity index (χ3v) is 7.44. The fraction of sp³-hybridized carbons (Fsp3) is 1.00. The molecule has 0 aromatic rings. The smallest absolute Gasteiger partial charge is 0.189 e. The average Bonchev–Trinajstić information content (AvgIpc) is 2.49. The lowest BCUT2D eigenvalue weighted by atomic mass is 10.4. The molecule has 1 saturated heterocycles. The van der Waals surface area contributed by atoms with E-state index in [9.17, 15) is 0 Å². The van der Waals surface area contributed by atoms with Crippen LogP contribution in [-0.4, -0.2) is 68.3 Å². The Kier molecular flexibility index (Phi) is 11.4. The van der Waals surface area contributed by atoms with Crippen molar-refractivity contribution < 1.29 is 23.4 Å². The highest BCUT2D eigenvalue weighted by Gasteiger charge is 2.30. The molecular formula is C15H32O5Si. The van der Waals surface area contributed by atoms with Crippen LogP contribution in [-0.2, 0) is 23.4 Å². The van der Waals surface area contributed by atoms with E-state index >= 15 is 0 Å². The molecule has 0 aromatic carbocycles. The largest absolute Gasteiger partial charge is 0.417 e.